The molecule has 1 aliphatic rings. The molecule has 0 spiro atoms. The van der Waals surface area contributed by atoms with Crippen molar-refractivity contribution in [1.29, 1.82) is 0 Å². The van der Waals surface area contributed by atoms with E-state index < -0.39 is 0 Å². The first-order valence-electron chi connectivity index (χ1n) is 14.6. The number of benzene rings is 5. The molecule has 0 saturated carbocycles. The normalized spacial score (nSPS) is 12.6. The van der Waals surface area contributed by atoms with Gasteiger partial charge in [-0.05, 0) is 111 Å². The summed E-state index contributed by atoms with van der Waals surface area (Å²) in [6.07, 6.45) is 10.9. The smallest absolute Gasteiger partial charge is 0.0702 e. The molecule has 42 heavy (non-hydrogen) atoms. The van der Waals surface area contributed by atoms with Gasteiger partial charge in [0, 0.05) is 11.8 Å². The summed E-state index contributed by atoms with van der Waals surface area (Å²) >= 11 is 0. The molecule has 0 aliphatic heterocycles. The van der Waals surface area contributed by atoms with Crippen LogP contribution in [0.5, 0.6) is 0 Å². The van der Waals surface area contributed by atoms with Gasteiger partial charge in [0.25, 0.3) is 0 Å². The maximum absolute atomic E-state index is 4.53. The van der Waals surface area contributed by atoms with Gasteiger partial charge in [-0.15, -0.1) is 0 Å². The Morgan fingerprint density at radius 3 is 1.24 bits per heavy atom. The molecule has 0 radical (unpaired) electrons. The average Bonchev–Trinajstić information content (AvgIpc) is 3.09. The molecule has 1 heterocycles. The zero-order chi connectivity index (χ0) is 28.1. The summed E-state index contributed by atoms with van der Waals surface area (Å²) in [7, 11) is 0. The first kappa shape index (κ1) is 25.7. The number of hydrogen-bond acceptors (Lipinski definition) is 1. The van der Waals surface area contributed by atoms with Crippen molar-refractivity contribution in [3.05, 3.63) is 170 Å². The molecule has 200 valence electrons. The van der Waals surface area contributed by atoms with Gasteiger partial charge in [0.2, 0.25) is 0 Å². The summed E-state index contributed by atoms with van der Waals surface area (Å²) < 4.78 is 0. The van der Waals surface area contributed by atoms with Gasteiger partial charge in [-0.1, -0.05) is 115 Å². The Hall–Kier alpha value is -5.27. The fraction of sp³-hybridized carbons (Fsp3) is 0.0488. The predicted octanol–water partition coefficient (Wildman–Crippen LogP) is 11.1. The van der Waals surface area contributed by atoms with Crippen molar-refractivity contribution in [1.82, 2.24) is 4.98 Å². The van der Waals surface area contributed by atoms with Gasteiger partial charge in [0.1, 0.15) is 0 Å². The molecule has 0 saturated heterocycles. The summed E-state index contributed by atoms with van der Waals surface area (Å²) in [5.74, 6) is 0. The van der Waals surface area contributed by atoms with Crippen LogP contribution < -0.4 is 0 Å². The van der Waals surface area contributed by atoms with Crippen LogP contribution in [0.1, 0.15) is 18.4 Å². The van der Waals surface area contributed by atoms with Gasteiger partial charge in [0.05, 0.1) is 5.69 Å². The number of hydrogen-bond donors (Lipinski definition) is 0. The standard InChI is InChI=1S/C41H31N/c1-2-11-30(12-3-1)31-13-6-14-32(25-31)33-15-7-16-34(26-33)35-17-8-18-36(27-35)37-19-9-20-38(28-37)39-21-10-22-40(29-39)41-23-4-5-24-42-41/h2,4-29H,1,3H2. The molecule has 1 heteroatoms. The van der Waals surface area contributed by atoms with E-state index in [-0.39, 0.29) is 0 Å². The van der Waals surface area contributed by atoms with E-state index in [9.17, 15) is 0 Å². The van der Waals surface area contributed by atoms with Gasteiger partial charge < -0.3 is 0 Å². The summed E-state index contributed by atoms with van der Waals surface area (Å²) in [6.45, 7) is 0. The molecule has 0 atom stereocenters. The molecule has 1 nitrogen and oxygen atoms in total. The zero-order valence-electron chi connectivity index (χ0n) is 23.4. The SMILES string of the molecule is C1=CC(c2cccc(-c3cccc(-c4cccc(-c5cccc(-c6cccc(-c7ccccn7)c6)c5)c4)c3)c2)=CCC1. The summed E-state index contributed by atoms with van der Waals surface area (Å²) in [5, 5.41) is 0. The van der Waals surface area contributed by atoms with Crippen molar-refractivity contribution < 1.29 is 0 Å². The van der Waals surface area contributed by atoms with Crippen LogP contribution in [0.3, 0.4) is 0 Å². The van der Waals surface area contributed by atoms with Crippen LogP contribution in [0.4, 0.5) is 0 Å². The summed E-state index contributed by atoms with van der Waals surface area (Å²) in [6, 6.07) is 50.1. The van der Waals surface area contributed by atoms with Crippen LogP contribution in [0.2, 0.25) is 0 Å². The van der Waals surface area contributed by atoms with Gasteiger partial charge in [-0.25, -0.2) is 0 Å². The fourth-order valence-corrected chi connectivity index (χ4v) is 5.73. The number of allylic oxidation sites excluding steroid dienone is 4. The third-order valence-corrected chi connectivity index (χ3v) is 7.94. The Labute approximate surface area is 248 Å². The third kappa shape index (κ3) is 5.50. The molecule has 0 bridgehead atoms. The average molecular weight is 538 g/mol. The van der Waals surface area contributed by atoms with Gasteiger partial charge in [0.15, 0.2) is 0 Å². The maximum Gasteiger partial charge on any atom is 0.0702 e. The van der Waals surface area contributed by atoms with E-state index in [4.69, 9.17) is 0 Å². The van der Waals surface area contributed by atoms with Gasteiger partial charge in [-0.2, -0.15) is 0 Å². The van der Waals surface area contributed by atoms with Crippen LogP contribution in [0, 0.1) is 0 Å². The molecule has 1 aliphatic carbocycles. The molecule has 1 aromatic heterocycles. The first-order chi connectivity index (χ1) is 20.8. The maximum atomic E-state index is 4.53. The minimum Gasteiger partial charge on any atom is -0.256 e. The van der Waals surface area contributed by atoms with Gasteiger partial charge in [-0.3, -0.25) is 4.98 Å². The Kier molecular flexibility index (Phi) is 7.15. The highest BCUT2D eigenvalue weighted by Crippen LogP contribution is 2.33. The molecular formula is C41H31N. The fourth-order valence-electron chi connectivity index (χ4n) is 5.73. The lowest BCUT2D eigenvalue weighted by Gasteiger charge is -2.12. The lowest BCUT2D eigenvalue weighted by atomic mass is 9.93. The second kappa shape index (κ2) is 11.7. The molecular weight excluding hydrogens is 506 g/mol. The highest BCUT2D eigenvalue weighted by atomic mass is 14.7. The van der Waals surface area contributed by atoms with E-state index in [1.807, 2.05) is 18.3 Å². The van der Waals surface area contributed by atoms with E-state index >= 15 is 0 Å². The molecule has 0 N–H and O–H groups in total. The number of rotatable bonds is 6. The Morgan fingerprint density at radius 2 is 0.810 bits per heavy atom. The zero-order valence-corrected chi connectivity index (χ0v) is 23.4. The monoisotopic (exact) mass is 537 g/mol. The molecule has 0 unspecified atom stereocenters. The highest BCUT2D eigenvalue weighted by Gasteiger charge is 2.08. The molecule has 0 fully saturated rings. The lowest BCUT2D eigenvalue weighted by molar-refractivity contribution is 1.04. The number of nitrogens with zero attached hydrogens (tertiary/aromatic N) is 1. The van der Waals surface area contributed by atoms with E-state index in [0.717, 1.165) is 24.1 Å². The van der Waals surface area contributed by atoms with Crippen molar-refractivity contribution in [3.8, 4) is 55.8 Å². The van der Waals surface area contributed by atoms with E-state index in [2.05, 4.69) is 151 Å². The van der Waals surface area contributed by atoms with Crippen LogP contribution >= 0.6 is 0 Å². The predicted molar refractivity (Wildman–Crippen MR) is 178 cm³/mol. The molecule has 0 amide bonds. The van der Waals surface area contributed by atoms with Crippen molar-refractivity contribution >= 4 is 5.57 Å². The second-order valence-corrected chi connectivity index (χ2v) is 10.8. The third-order valence-electron chi connectivity index (χ3n) is 7.94. The second-order valence-electron chi connectivity index (χ2n) is 10.8. The Bertz CT molecular complexity index is 1930. The van der Waals surface area contributed by atoms with E-state index in [0.29, 0.717) is 0 Å². The molecule has 6 aromatic rings. The van der Waals surface area contributed by atoms with Crippen molar-refractivity contribution in [2.75, 3.05) is 0 Å². The van der Waals surface area contributed by atoms with Crippen LogP contribution in [-0.2, 0) is 0 Å². The topological polar surface area (TPSA) is 12.9 Å². The minimum absolute atomic E-state index is 0.986. The summed E-state index contributed by atoms with van der Waals surface area (Å²) in [5.41, 5.74) is 14.4. The van der Waals surface area contributed by atoms with E-state index in [1.54, 1.807) is 0 Å². The van der Waals surface area contributed by atoms with Crippen molar-refractivity contribution in [3.63, 3.8) is 0 Å². The highest BCUT2D eigenvalue weighted by molar-refractivity contribution is 5.82. The molecule has 7 rings (SSSR count). The largest absolute Gasteiger partial charge is 0.256 e. The van der Waals surface area contributed by atoms with Crippen LogP contribution in [0.15, 0.2) is 164 Å². The Morgan fingerprint density at radius 1 is 0.381 bits per heavy atom. The van der Waals surface area contributed by atoms with Crippen molar-refractivity contribution in [2.24, 2.45) is 0 Å². The van der Waals surface area contributed by atoms with Crippen LogP contribution in [0.25, 0.3) is 61.3 Å². The Balaban J connectivity index is 1.19. The quantitative estimate of drug-likeness (QED) is 0.206. The minimum atomic E-state index is 0.986. The van der Waals surface area contributed by atoms with Crippen molar-refractivity contribution in [2.45, 2.75) is 12.8 Å². The van der Waals surface area contributed by atoms with Crippen LogP contribution in [-0.4, -0.2) is 4.98 Å². The number of aromatic nitrogens is 1. The molecule has 5 aromatic carbocycles. The summed E-state index contributed by atoms with van der Waals surface area (Å²) in [4.78, 5) is 4.53. The van der Waals surface area contributed by atoms with Gasteiger partial charge >= 0.3 is 0 Å². The first-order valence-corrected chi connectivity index (χ1v) is 14.6. The number of pyridine rings is 1. The lowest BCUT2D eigenvalue weighted by Crippen LogP contribution is -1.88. The van der Waals surface area contributed by atoms with E-state index in [1.165, 1.54) is 55.6 Å².